The summed E-state index contributed by atoms with van der Waals surface area (Å²) in [4.78, 5) is 8.81. The Kier molecular flexibility index (Phi) is 4.42. The maximum absolute atomic E-state index is 6.05. The average molecular weight is 327 g/mol. The second-order valence-electron chi connectivity index (χ2n) is 4.81. The highest BCUT2D eigenvalue weighted by molar-refractivity contribution is 9.10. The molecule has 0 saturated heterocycles. The van der Waals surface area contributed by atoms with E-state index < -0.39 is 0 Å². The van der Waals surface area contributed by atoms with Crippen molar-refractivity contribution in [3.05, 3.63) is 16.7 Å². The number of hydrogen-bond donors (Lipinski definition) is 1. The van der Waals surface area contributed by atoms with Crippen molar-refractivity contribution in [3.8, 4) is 0 Å². The number of halogens is 1. The monoisotopic (exact) mass is 326 g/mol. The first kappa shape index (κ1) is 14.3. The van der Waals surface area contributed by atoms with E-state index in [1.54, 1.807) is 6.20 Å². The maximum Gasteiger partial charge on any atom is 0.202 e. The Balaban J connectivity index is 2.49. The molecule has 0 bridgehead atoms. The fraction of sp³-hybridized carbons (Fsp3) is 0.538. The molecule has 1 atom stereocenters. The number of rotatable bonds is 5. The molecule has 2 aromatic rings. The first-order valence-corrected chi connectivity index (χ1v) is 7.20. The van der Waals surface area contributed by atoms with Gasteiger partial charge < -0.3 is 10.5 Å². The lowest BCUT2D eigenvalue weighted by Gasteiger charge is -2.23. The Bertz CT molecular complexity index is 567. The van der Waals surface area contributed by atoms with Gasteiger partial charge >= 0.3 is 0 Å². The highest BCUT2D eigenvalue weighted by atomic mass is 79.9. The van der Waals surface area contributed by atoms with Crippen molar-refractivity contribution in [3.63, 3.8) is 0 Å². The molecule has 1 unspecified atom stereocenters. The summed E-state index contributed by atoms with van der Waals surface area (Å²) in [5.41, 5.74) is 7.66. The molecule has 0 radical (unpaired) electrons. The molecular weight excluding hydrogens is 308 g/mol. The lowest BCUT2D eigenvalue weighted by atomic mass is 10.1. The van der Waals surface area contributed by atoms with E-state index in [0.29, 0.717) is 25.1 Å². The molecule has 0 fully saturated rings. The van der Waals surface area contributed by atoms with Crippen LogP contribution in [0.25, 0.3) is 11.2 Å². The van der Waals surface area contributed by atoms with Gasteiger partial charge in [0.1, 0.15) is 5.52 Å². The van der Waals surface area contributed by atoms with Crippen molar-refractivity contribution >= 4 is 33.0 Å². The summed E-state index contributed by atoms with van der Waals surface area (Å²) in [7, 11) is 0. The van der Waals surface area contributed by atoms with Crippen LogP contribution in [0.15, 0.2) is 16.7 Å². The van der Waals surface area contributed by atoms with Gasteiger partial charge in [-0.05, 0) is 34.8 Å². The third-order valence-corrected chi connectivity index (χ3v) is 3.55. The number of hydrogen-bond acceptors (Lipinski definition) is 4. The van der Waals surface area contributed by atoms with Crippen LogP contribution in [0, 0.1) is 5.92 Å². The van der Waals surface area contributed by atoms with Gasteiger partial charge in [-0.2, -0.15) is 0 Å². The third-order valence-electron chi connectivity index (χ3n) is 3.12. The van der Waals surface area contributed by atoms with Crippen LogP contribution in [-0.2, 0) is 4.74 Å². The molecule has 0 aliphatic carbocycles. The molecule has 0 aromatic carbocycles. The number of nitrogen functional groups attached to an aromatic ring is 1. The summed E-state index contributed by atoms with van der Waals surface area (Å²) >= 11 is 3.40. The van der Waals surface area contributed by atoms with Gasteiger partial charge in [-0.1, -0.05) is 13.8 Å². The van der Waals surface area contributed by atoms with Crippen molar-refractivity contribution in [2.45, 2.75) is 26.8 Å². The molecule has 19 heavy (non-hydrogen) atoms. The van der Waals surface area contributed by atoms with E-state index in [2.05, 4.69) is 39.7 Å². The van der Waals surface area contributed by atoms with E-state index in [-0.39, 0.29) is 6.04 Å². The molecule has 0 spiro atoms. The minimum absolute atomic E-state index is 0.138. The number of fused-ring (bicyclic) bond motifs is 1. The van der Waals surface area contributed by atoms with Crippen molar-refractivity contribution in [1.29, 1.82) is 0 Å². The predicted molar refractivity (Wildman–Crippen MR) is 80.0 cm³/mol. The van der Waals surface area contributed by atoms with Crippen LogP contribution in [0.3, 0.4) is 0 Å². The molecule has 2 rings (SSSR count). The van der Waals surface area contributed by atoms with Crippen molar-refractivity contribution in [2.75, 3.05) is 18.9 Å². The molecule has 104 valence electrons. The number of nitrogens with two attached hydrogens (primary N) is 1. The number of imidazole rings is 1. The van der Waals surface area contributed by atoms with Gasteiger partial charge in [0, 0.05) is 17.3 Å². The van der Waals surface area contributed by atoms with Crippen molar-refractivity contribution in [2.24, 2.45) is 5.92 Å². The third kappa shape index (κ3) is 2.90. The van der Waals surface area contributed by atoms with E-state index in [9.17, 15) is 0 Å². The smallest absolute Gasteiger partial charge is 0.202 e. The molecule has 0 saturated carbocycles. The first-order valence-electron chi connectivity index (χ1n) is 6.41. The summed E-state index contributed by atoms with van der Waals surface area (Å²) in [6.07, 6.45) is 1.76. The van der Waals surface area contributed by atoms with Crippen LogP contribution in [0.1, 0.15) is 26.8 Å². The van der Waals surface area contributed by atoms with Crippen LogP contribution in [0.5, 0.6) is 0 Å². The van der Waals surface area contributed by atoms with Crippen LogP contribution in [0.4, 0.5) is 5.95 Å². The molecule has 2 heterocycles. The standard InChI is InChI=1S/C13H19BrN4O/c1-4-19-7-11(8(2)3)18-12-10(17-13(18)15)5-9(14)6-16-12/h5-6,8,11H,4,7H2,1-3H3,(H2,15,17). The number of pyridine rings is 1. The number of anilines is 1. The molecule has 0 aliphatic heterocycles. The zero-order valence-corrected chi connectivity index (χ0v) is 13.0. The topological polar surface area (TPSA) is 66.0 Å². The van der Waals surface area contributed by atoms with Crippen LogP contribution in [-0.4, -0.2) is 27.7 Å². The Morgan fingerprint density at radius 1 is 1.47 bits per heavy atom. The van der Waals surface area contributed by atoms with E-state index >= 15 is 0 Å². The van der Waals surface area contributed by atoms with E-state index in [0.717, 1.165) is 15.6 Å². The van der Waals surface area contributed by atoms with Gasteiger partial charge in [0.2, 0.25) is 5.95 Å². The number of nitrogens with zero attached hydrogens (tertiary/aromatic N) is 3. The molecule has 0 aliphatic rings. The Labute approximate surface area is 121 Å². The molecule has 5 nitrogen and oxygen atoms in total. The zero-order chi connectivity index (χ0) is 14.0. The van der Waals surface area contributed by atoms with Gasteiger partial charge in [-0.25, -0.2) is 9.97 Å². The Morgan fingerprint density at radius 2 is 2.21 bits per heavy atom. The quantitative estimate of drug-likeness (QED) is 0.917. The molecule has 2 N–H and O–H groups in total. The fourth-order valence-electron chi connectivity index (χ4n) is 2.11. The van der Waals surface area contributed by atoms with E-state index in [1.807, 2.05) is 17.6 Å². The lowest BCUT2D eigenvalue weighted by molar-refractivity contribution is 0.0985. The molecule has 6 heteroatoms. The Hall–Kier alpha value is -1.14. The van der Waals surface area contributed by atoms with E-state index in [4.69, 9.17) is 10.5 Å². The SMILES string of the molecule is CCOCC(C(C)C)n1c(N)nc2cc(Br)cnc21. The summed E-state index contributed by atoms with van der Waals surface area (Å²) in [6, 6.07) is 2.06. The minimum Gasteiger partial charge on any atom is -0.380 e. The lowest BCUT2D eigenvalue weighted by Crippen LogP contribution is -2.22. The first-order chi connectivity index (χ1) is 9.04. The van der Waals surface area contributed by atoms with Gasteiger partial charge in [-0.3, -0.25) is 4.57 Å². The highest BCUT2D eigenvalue weighted by Gasteiger charge is 2.22. The number of ether oxygens (including phenoxy) is 1. The van der Waals surface area contributed by atoms with Gasteiger partial charge in [0.25, 0.3) is 0 Å². The largest absolute Gasteiger partial charge is 0.380 e. The van der Waals surface area contributed by atoms with Crippen molar-refractivity contribution in [1.82, 2.24) is 14.5 Å². The van der Waals surface area contributed by atoms with Gasteiger partial charge in [0.15, 0.2) is 5.65 Å². The molecule has 2 aromatic heterocycles. The van der Waals surface area contributed by atoms with E-state index in [1.165, 1.54) is 0 Å². The highest BCUT2D eigenvalue weighted by Crippen LogP contribution is 2.27. The van der Waals surface area contributed by atoms with Crippen molar-refractivity contribution < 1.29 is 4.74 Å². The van der Waals surface area contributed by atoms with Crippen LogP contribution < -0.4 is 5.73 Å². The number of aromatic nitrogens is 3. The van der Waals surface area contributed by atoms with Gasteiger partial charge in [-0.15, -0.1) is 0 Å². The Morgan fingerprint density at radius 3 is 2.84 bits per heavy atom. The van der Waals surface area contributed by atoms with Crippen LogP contribution in [0.2, 0.25) is 0 Å². The van der Waals surface area contributed by atoms with Gasteiger partial charge in [0.05, 0.1) is 12.6 Å². The summed E-state index contributed by atoms with van der Waals surface area (Å²) in [5.74, 6) is 0.871. The summed E-state index contributed by atoms with van der Waals surface area (Å²) in [6.45, 7) is 7.58. The normalized spacial score (nSPS) is 13.3. The van der Waals surface area contributed by atoms with Crippen LogP contribution >= 0.6 is 15.9 Å². The second-order valence-corrected chi connectivity index (χ2v) is 5.72. The fourth-order valence-corrected chi connectivity index (χ4v) is 2.42. The average Bonchev–Trinajstić information content (AvgIpc) is 2.65. The zero-order valence-electron chi connectivity index (χ0n) is 11.4. The summed E-state index contributed by atoms with van der Waals surface area (Å²) < 4.78 is 8.44. The minimum atomic E-state index is 0.138. The molecular formula is C13H19BrN4O. The predicted octanol–water partition coefficient (Wildman–Crippen LogP) is 3.01. The second kappa shape index (κ2) is 5.88. The molecule has 0 amide bonds. The maximum atomic E-state index is 6.05. The summed E-state index contributed by atoms with van der Waals surface area (Å²) in [5, 5.41) is 0.